The summed E-state index contributed by atoms with van der Waals surface area (Å²) >= 11 is 3.41. The van der Waals surface area contributed by atoms with Crippen molar-refractivity contribution in [3.05, 3.63) is 52.5 Å². The Labute approximate surface area is 168 Å². The maximum absolute atomic E-state index is 12.8. The Morgan fingerprint density at radius 2 is 1.93 bits per heavy atom. The number of hydrogen-bond donors (Lipinski definition) is 1. The van der Waals surface area contributed by atoms with Crippen molar-refractivity contribution in [3.63, 3.8) is 0 Å². The second kappa shape index (κ2) is 9.55. The number of rotatable bonds is 7. The van der Waals surface area contributed by atoms with Crippen LogP contribution >= 0.6 is 15.9 Å². The maximum Gasteiger partial charge on any atom is 0.259 e. The number of amides is 2. The minimum atomic E-state index is -0.265. The van der Waals surface area contributed by atoms with Crippen LogP contribution in [0.1, 0.15) is 37.6 Å². The average molecular weight is 433 g/mol. The monoisotopic (exact) mass is 432 g/mol. The minimum Gasteiger partial charge on any atom is -0.493 e. The highest BCUT2D eigenvalue weighted by Crippen LogP contribution is 2.26. The summed E-state index contributed by atoms with van der Waals surface area (Å²) in [4.78, 5) is 25.9. The van der Waals surface area contributed by atoms with Crippen LogP contribution in [0.5, 0.6) is 5.75 Å². The zero-order chi connectivity index (χ0) is 20.0. The molecule has 0 unspecified atom stereocenters. The first kappa shape index (κ1) is 21.0. The van der Waals surface area contributed by atoms with Gasteiger partial charge in [0.25, 0.3) is 5.91 Å². The molecule has 2 aromatic carbocycles. The van der Waals surface area contributed by atoms with Crippen molar-refractivity contribution < 1.29 is 14.3 Å². The van der Waals surface area contributed by atoms with E-state index in [0.29, 0.717) is 35.2 Å². The molecule has 0 aliphatic rings. The molecule has 0 fully saturated rings. The number of nitrogens with one attached hydrogen (secondary N) is 1. The predicted molar refractivity (Wildman–Crippen MR) is 113 cm³/mol. The molecule has 0 aliphatic heterocycles. The summed E-state index contributed by atoms with van der Waals surface area (Å²) in [6.45, 7) is 6.30. The van der Waals surface area contributed by atoms with Crippen molar-refractivity contribution in [2.45, 2.75) is 27.2 Å². The van der Waals surface area contributed by atoms with Crippen molar-refractivity contribution >= 4 is 39.1 Å². The minimum absolute atomic E-state index is 0.0775. The van der Waals surface area contributed by atoms with E-state index in [2.05, 4.69) is 35.1 Å². The fourth-order valence-electron chi connectivity index (χ4n) is 2.38. The Balaban J connectivity index is 2.19. The number of carbonyl (C=O) groups is 2. The number of carbonyl (C=O) groups excluding carboxylic acids is 2. The summed E-state index contributed by atoms with van der Waals surface area (Å²) < 4.78 is 6.62. The van der Waals surface area contributed by atoms with Gasteiger partial charge in [-0.1, -0.05) is 35.8 Å². The molecule has 5 nitrogen and oxygen atoms in total. The third-order valence-electron chi connectivity index (χ3n) is 4.10. The Bertz CT molecular complexity index is 821. The van der Waals surface area contributed by atoms with Gasteiger partial charge in [-0.15, -0.1) is 0 Å². The molecular formula is C21H25BrN2O3. The Morgan fingerprint density at radius 3 is 2.59 bits per heavy atom. The van der Waals surface area contributed by atoms with Crippen molar-refractivity contribution in [2.75, 3.05) is 23.9 Å². The molecule has 144 valence electrons. The molecule has 0 radical (unpaired) electrons. The quantitative estimate of drug-likeness (QED) is 0.660. The molecule has 27 heavy (non-hydrogen) atoms. The van der Waals surface area contributed by atoms with Crippen LogP contribution in [0.2, 0.25) is 0 Å². The van der Waals surface area contributed by atoms with Crippen LogP contribution in [-0.4, -0.2) is 25.5 Å². The van der Waals surface area contributed by atoms with Crippen LogP contribution in [0.15, 0.2) is 46.9 Å². The summed E-state index contributed by atoms with van der Waals surface area (Å²) in [5, 5.41) is 2.88. The summed E-state index contributed by atoms with van der Waals surface area (Å²) in [6, 6.07) is 12.5. The van der Waals surface area contributed by atoms with Gasteiger partial charge in [0, 0.05) is 29.8 Å². The molecule has 6 heteroatoms. The summed E-state index contributed by atoms with van der Waals surface area (Å²) in [5.74, 6) is 0.733. The van der Waals surface area contributed by atoms with E-state index in [4.69, 9.17) is 4.74 Å². The van der Waals surface area contributed by atoms with E-state index in [-0.39, 0.29) is 11.8 Å². The van der Waals surface area contributed by atoms with Gasteiger partial charge in [-0.25, -0.2) is 0 Å². The normalized spacial score (nSPS) is 10.6. The van der Waals surface area contributed by atoms with Gasteiger partial charge in [0.1, 0.15) is 5.75 Å². The number of hydrogen-bond acceptors (Lipinski definition) is 3. The second-order valence-electron chi connectivity index (χ2n) is 6.75. The third kappa shape index (κ3) is 6.10. The summed E-state index contributed by atoms with van der Waals surface area (Å²) in [5.41, 5.74) is 1.78. The second-order valence-corrected chi connectivity index (χ2v) is 7.67. The van der Waals surface area contributed by atoms with Gasteiger partial charge in [-0.3, -0.25) is 9.59 Å². The number of nitrogens with zero attached hydrogens (tertiary/aromatic N) is 1. The number of ether oxygens (including phenoxy) is 1. The molecule has 0 bridgehead atoms. The van der Waals surface area contributed by atoms with Gasteiger partial charge in [-0.05, 0) is 48.7 Å². The number of halogens is 1. The molecule has 1 N–H and O–H groups in total. The van der Waals surface area contributed by atoms with Crippen LogP contribution in [0.4, 0.5) is 11.4 Å². The highest BCUT2D eigenvalue weighted by molar-refractivity contribution is 9.10. The van der Waals surface area contributed by atoms with Crippen molar-refractivity contribution in [3.8, 4) is 5.75 Å². The predicted octanol–water partition coefficient (Wildman–Crippen LogP) is 5.11. The largest absolute Gasteiger partial charge is 0.493 e. The molecule has 0 atom stereocenters. The van der Waals surface area contributed by atoms with Crippen molar-refractivity contribution in [1.29, 1.82) is 0 Å². The van der Waals surface area contributed by atoms with Gasteiger partial charge in [0.05, 0.1) is 12.2 Å². The SMILES string of the molecule is CC(=O)N(C)c1cccc(NC(=O)c2cc(Br)ccc2OCCC(C)C)c1. The molecule has 0 saturated heterocycles. The van der Waals surface area contributed by atoms with Crippen LogP contribution in [0.3, 0.4) is 0 Å². The highest BCUT2D eigenvalue weighted by Gasteiger charge is 2.15. The topological polar surface area (TPSA) is 58.6 Å². The van der Waals surface area contributed by atoms with E-state index in [9.17, 15) is 9.59 Å². The fraction of sp³-hybridized carbons (Fsp3) is 0.333. The van der Waals surface area contributed by atoms with E-state index in [1.165, 1.54) is 11.8 Å². The van der Waals surface area contributed by atoms with Crippen LogP contribution in [-0.2, 0) is 4.79 Å². The van der Waals surface area contributed by atoms with Crippen LogP contribution in [0, 0.1) is 5.92 Å². The lowest BCUT2D eigenvalue weighted by molar-refractivity contribution is -0.116. The van der Waals surface area contributed by atoms with Gasteiger partial charge >= 0.3 is 0 Å². The maximum atomic E-state index is 12.8. The molecule has 0 saturated carbocycles. The fourth-order valence-corrected chi connectivity index (χ4v) is 2.74. The molecular weight excluding hydrogens is 408 g/mol. The Hall–Kier alpha value is -2.34. The van der Waals surface area contributed by atoms with E-state index in [1.54, 1.807) is 37.4 Å². The van der Waals surface area contributed by atoms with E-state index in [1.807, 2.05) is 12.1 Å². The molecule has 0 aliphatic carbocycles. The van der Waals surface area contributed by atoms with E-state index < -0.39 is 0 Å². The lowest BCUT2D eigenvalue weighted by atomic mass is 10.1. The lowest BCUT2D eigenvalue weighted by Gasteiger charge is -2.17. The van der Waals surface area contributed by atoms with Crippen molar-refractivity contribution in [2.24, 2.45) is 5.92 Å². The summed E-state index contributed by atoms with van der Waals surface area (Å²) in [6.07, 6.45) is 0.913. The molecule has 0 heterocycles. The molecule has 0 aromatic heterocycles. The van der Waals surface area contributed by atoms with Crippen molar-refractivity contribution in [1.82, 2.24) is 0 Å². The summed E-state index contributed by atoms with van der Waals surface area (Å²) in [7, 11) is 1.69. The average Bonchev–Trinajstić information content (AvgIpc) is 2.62. The number of anilines is 2. The standard InChI is InChI=1S/C21H25BrN2O3/c1-14(2)10-11-27-20-9-8-16(22)12-19(20)21(26)23-17-6-5-7-18(13-17)24(4)15(3)25/h5-9,12-14H,10-11H2,1-4H3,(H,23,26). The van der Waals surface area contributed by atoms with Gasteiger partial charge < -0.3 is 15.0 Å². The smallest absolute Gasteiger partial charge is 0.259 e. The Morgan fingerprint density at radius 1 is 1.19 bits per heavy atom. The molecule has 2 rings (SSSR count). The highest BCUT2D eigenvalue weighted by atomic mass is 79.9. The van der Waals surface area contributed by atoms with E-state index in [0.717, 1.165) is 10.9 Å². The van der Waals surface area contributed by atoms with Crippen LogP contribution in [0.25, 0.3) is 0 Å². The lowest BCUT2D eigenvalue weighted by Crippen LogP contribution is -2.23. The first-order chi connectivity index (χ1) is 12.8. The first-order valence-electron chi connectivity index (χ1n) is 8.86. The first-order valence-corrected chi connectivity index (χ1v) is 9.65. The number of benzene rings is 2. The van der Waals surface area contributed by atoms with Gasteiger partial charge in [-0.2, -0.15) is 0 Å². The molecule has 2 amide bonds. The molecule has 2 aromatic rings. The third-order valence-corrected chi connectivity index (χ3v) is 4.60. The van der Waals surface area contributed by atoms with Crippen LogP contribution < -0.4 is 15.0 Å². The zero-order valence-electron chi connectivity index (χ0n) is 16.1. The Kier molecular flexibility index (Phi) is 7.42. The molecule has 0 spiro atoms. The van der Waals surface area contributed by atoms with E-state index >= 15 is 0 Å². The zero-order valence-corrected chi connectivity index (χ0v) is 17.7. The van der Waals surface area contributed by atoms with Gasteiger partial charge in [0.15, 0.2) is 0 Å². The van der Waals surface area contributed by atoms with Gasteiger partial charge in [0.2, 0.25) is 5.91 Å².